The predicted octanol–water partition coefficient (Wildman–Crippen LogP) is 3.62. The number of nitrogens with one attached hydrogen (secondary N) is 1. The van der Waals surface area contributed by atoms with Gasteiger partial charge in [-0.2, -0.15) is 0 Å². The van der Waals surface area contributed by atoms with Gasteiger partial charge in [0.15, 0.2) is 6.61 Å². The highest BCUT2D eigenvalue weighted by molar-refractivity contribution is 6.43. The maximum absolute atomic E-state index is 11.9. The summed E-state index contributed by atoms with van der Waals surface area (Å²) in [6, 6.07) is 7.74. The van der Waals surface area contributed by atoms with Crippen LogP contribution in [0.15, 0.2) is 41.0 Å². The van der Waals surface area contributed by atoms with E-state index in [1.165, 1.54) is 12.3 Å². The van der Waals surface area contributed by atoms with Crippen LogP contribution >= 0.6 is 23.2 Å². The van der Waals surface area contributed by atoms with Gasteiger partial charge < -0.3 is 14.5 Å². The van der Waals surface area contributed by atoms with Crippen molar-refractivity contribution in [1.82, 2.24) is 5.32 Å². The fraction of sp³-hybridized carbons (Fsp3) is 0.200. The van der Waals surface area contributed by atoms with Gasteiger partial charge in [-0.1, -0.05) is 29.3 Å². The molecule has 0 saturated carbocycles. The smallest absolute Gasteiger partial charge is 0.340 e. The standard InChI is InChI=1S/C15H13Cl2NO4/c1-9(12-6-3-7-21-12)18-13(19)8-22-15(20)10-4-2-5-11(16)14(10)17/h2-7,9H,8H2,1H3,(H,18,19)/t9-/m0/s1. The summed E-state index contributed by atoms with van der Waals surface area (Å²) in [5, 5.41) is 2.98. The first-order chi connectivity index (χ1) is 10.5. The van der Waals surface area contributed by atoms with Gasteiger partial charge in [-0.3, -0.25) is 4.79 Å². The molecule has 0 fully saturated rings. The molecule has 5 nitrogen and oxygen atoms in total. The summed E-state index contributed by atoms with van der Waals surface area (Å²) in [5.41, 5.74) is 0.112. The molecule has 0 bridgehead atoms. The van der Waals surface area contributed by atoms with Gasteiger partial charge in [0.05, 0.1) is 27.9 Å². The first kappa shape index (κ1) is 16.4. The monoisotopic (exact) mass is 341 g/mol. The molecule has 2 rings (SSSR count). The van der Waals surface area contributed by atoms with Gasteiger partial charge in [0.2, 0.25) is 0 Å². The Morgan fingerprint density at radius 1 is 1.27 bits per heavy atom. The van der Waals surface area contributed by atoms with Crippen LogP contribution in [0.3, 0.4) is 0 Å². The highest BCUT2D eigenvalue weighted by atomic mass is 35.5. The fourth-order valence-electron chi connectivity index (χ4n) is 1.76. The number of rotatable bonds is 5. The van der Waals surface area contributed by atoms with Crippen LogP contribution in [0, 0.1) is 0 Å². The predicted molar refractivity (Wildman–Crippen MR) is 82.0 cm³/mol. The van der Waals surface area contributed by atoms with Gasteiger partial charge in [0.25, 0.3) is 5.91 Å². The topological polar surface area (TPSA) is 68.5 Å². The van der Waals surface area contributed by atoms with Crippen LogP contribution in [0.2, 0.25) is 10.0 Å². The van der Waals surface area contributed by atoms with Gasteiger partial charge in [-0.25, -0.2) is 4.79 Å². The molecule has 0 unspecified atom stereocenters. The van der Waals surface area contributed by atoms with Crippen LogP contribution < -0.4 is 5.32 Å². The van der Waals surface area contributed by atoms with E-state index in [0.717, 1.165) is 0 Å². The van der Waals surface area contributed by atoms with Crippen LogP contribution in [0.5, 0.6) is 0 Å². The normalized spacial score (nSPS) is 11.8. The molecule has 0 spiro atoms. The Balaban J connectivity index is 1.88. The van der Waals surface area contributed by atoms with Crippen molar-refractivity contribution in [3.05, 3.63) is 58.0 Å². The third-order valence-corrected chi connectivity index (χ3v) is 3.67. The number of carbonyl (C=O) groups is 2. The molecule has 1 amide bonds. The molecule has 0 aliphatic carbocycles. The highest BCUT2D eigenvalue weighted by Gasteiger charge is 2.17. The Kier molecular flexibility index (Phi) is 5.46. The van der Waals surface area contributed by atoms with Gasteiger partial charge in [-0.15, -0.1) is 0 Å². The second kappa shape index (κ2) is 7.33. The molecule has 1 aromatic heterocycles. The lowest BCUT2D eigenvalue weighted by Gasteiger charge is -2.12. The van der Waals surface area contributed by atoms with Crippen LogP contribution in [-0.2, 0) is 9.53 Å². The molecule has 1 heterocycles. The van der Waals surface area contributed by atoms with E-state index in [9.17, 15) is 9.59 Å². The van der Waals surface area contributed by atoms with Crippen LogP contribution in [-0.4, -0.2) is 18.5 Å². The Bertz CT molecular complexity index is 670. The van der Waals surface area contributed by atoms with E-state index >= 15 is 0 Å². The Hall–Kier alpha value is -1.98. The molecule has 1 N–H and O–H groups in total. The minimum Gasteiger partial charge on any atom is -0.467 e. The number of hydrogen-bond acceptors (Lipinski definition) is 4. The van der Waals surface area contributed by atoms with E-state index in [1.807, 2.05) is 0 Å². The molecule has 0 saturated heterocycles. The van der Waals surface area contributed by atoms with Crippen molar-refractivity contribution < 1.29 is 18.7 Å². The van der Waals surface area contributed by atoms with Crippen LogP contribution in [0.1, 0.15) is 29.1 Å². The van der Waals surface area contributed by atoms with E-state index in [0.29, 0.717) is 5.76 Å². The molecule has 7 heteroatoms. The summed E-state index contributed by atoms with van der Waals surface area (Å²) in [7, 11) is 0. The SMILES string of the molecule is C[C@H](NC(=O)COC(=O)c1cccc(Cl)c1Cl)c1ccco1. The maximum atomic E-state index is 11.9. The lowest BCUT2D eigenvalue weighted by Crippen LogP contribution is -2.31. The number of benzene rings is 1. The molecule has 2 aromatic rings. The third kappa shape index (κ3) is 4.02. The van der Waals surface area contributed by atoms with E-state index in [2.05, 4.69) is 5.32 Å². The lowest BCUT2D eigenvalue weighted by molar-refractivity contribution is -0.125. The number of esters is 1. The second-order valence-electron chi connectivity index (χ2n) is 4.48. The van der Waals surface area contributed by atoms with E-state index in [1.54, 1.807) is 31.2 Å². The first-order valence-electron chi connectivity index (χ1n) is 6.43. The number of carbonyl (C=O) groups excluding carboxylic acids is 2. The van der Waals surface area contributed by atoms with E-state index in [-0.39, 0.29) is 21.7 Å². The Morgan fingerprint density at radius 3 is 2.73 bits per heavy atom. The molecule has 1 aromatic carbocycles. The summed E-state index contributed by atoms with van der Waals surface area (Å²) in [6.45, 7) is 1.33. The van der Waals surface area contributed by atoms with Crippen molar-refractivity contribution in [2.75, 3.05) is 6.61 Å². The molecule has 22 heavy (non-hydrogen) atoms. The quantitative estimate of drug-likeness (QED) is 0.843. The Morgan fingerprint density at radius 2 is 2.05 bits per heavy atom. The first-order valence-corrected chi connectivity index (χ1v) is 7.18. The maximum Gasteiger partial charge on any atom is 0.340 e. The number of hydrogen-bond donors (Lipinski definition) is 1. The zero-order chi connectivity index (χ0) is 16.1. The fourth-order valence-corrected chi connectivity index (χ4v) is 2.14. The number of amides is 1. The average molecular weight is 342 g/mol. The largest absolute Gasteiger partial charge is 0.467 e. The van der Waals surface area contributed by atoms with Gasteiger partial charge >= 0.3 is 5.97 Å². The molecule has 0 radical (unpaired) electrons. The lowest BCUT2D eigenvalue weighted by atomic mass is 10.2. The minimum atomic E-state index is -0.715. The number of ether oxygens (including phenoxy) is 1. The van der Waals surface area contributed by atoms with Gasteiger partial charge in [-0.05, 0) is 31.2 Å². The zero-order valence-electron chi connectivity index (χ0n) is 11.6. The molecular formula is C15H13Cl2NO4. The summed E-state index contributed by atoms with van der Waals surface area (Å²) < 4.78 is 10.1. The van der Waals surface area contributed by atoms with Crippen LogP contribution in [0.4, 0.5) is 0 Å². The third-order valence-electron chi connectivity index (χ3n) is 2.85. The van der Waals surface area contributed by atoms with Gasteiger partial charge in [0, 0.05) is 0 Å². The van der Waals surface area contributed by atoms with Crippen molar-refractivity contribution in [3.63, 3.8) is 0 Å². The van der Waals surface area contributed by atoms with Crippen molar-refractivity contribution in [2.45, 2.75) is 13.0 Å². The number of halogens is 2. The van der Waals surface area contributed by atoms with E-state index in [4.69, 9.17) is 32.4 Å². The average Bonchev–Trinajstić information content (AvgIpc) is 3.02. The summed E-state index contributed by atoms with van der Waals surface area (Å²) in [4.78, 5) is 23.6. The molecule has 0 aliphatic heterocycles. The van der Waals surface area contributed by atoms with Crippen LogP contribution in [0.25, 0.3) is 0 Å². The highest BCUT2D eigenvalue weighted by Crippen LogP contribution is 2.25. The zero-order valence-corrected chi connectivity index (χ0v) is 13.1. The van der Waals surface area contributed by atoms with Crippen molar-refractivity contribution in [3.8, 4) is 0 Å². The summed E-state index contributed by atoms with van der Waals surface area (Å²) >= 11 is 11.7. The molecule has 116 valence electrons. The molecule has 0 aliphatic rings. The molecule has 1 atom stereocenters. The molecular weight excluding hydrogens is 329 g/mol. The van der Waals surface area contributed by atoms with Crippen molar-refractivity contribution >= 4 is 35.1 Å². The van der Waals surface area contributed by atoms with Crippen molar-refractivity contribution in [1.29, 1.82) is 0 Å². The van der Waals surface area contributed by atoms with Crippen molar-refractivity contribution in [2.24, 2.45) is 0 Å². The summed E-state index contributed by atoms with van der Waals surface area (Å²) in [5.74, 6) is -0.554. The second-order valence-corrected chi connectivity index (χ2v) is 5.27. The number of furan rings is 1. The Labute approximate surface area is 137 Å². The van der Waals surface area contributed by atoms with Gasteiger partial charge in [0.1, 0.15) is 5.76 Å². The minimum absolute atomic E-state index is 0.0959. The van der Waals surface area contributed by atoms with E-state index < -0.39 is 18.5 Å². The summed E-state index contributed by atoms with van der Waals surface area (Å²) in [6.07, 6.45) is 1.51.